The van der Waals surface area contributed by atoms with Gasteiger partial charge in [0.15, 0.2) is 0 Å². The quantitative estimate of drug-likeness (QED) is 0.867. The Morgan fingerprint density at radius 3 is 2.71 bits per heavy atom. The Balaban J connectivity index is 2.00. The summed E-state index contributed by atoms with van der Waals surface area (Å²) in [6, 6.07) is 8.76. The molecule has 2 nitrogen and oxygen atoms in total. The number of nitrogens with two attached hydrogens (primary N) is 1. The summed E-state index contributed by atoms with van der Waals surface area (Å²) in [5, 5.41) is 0. The van der Waals surface area contributed by atoms with Crippen molar-refractivity contribution in [2.75, 3.05) is 13.2 Å². The van der Waals surface area contributed by atoms with E-state index in [1.54, 1.807) is 0 Å². The largest absolute Gasteiger partial charge is 0.381 e. The molecule has 1 fully saturated rings. The van der Waals surface area contributed by atoms with E-state index in [9.17, 15) is 0 Å². The lowest BCUT2D eigenvalue weighted by Crippen LogP contribution is -2.22. The van der Waals surface area contributed by atoms with Crippen molar-refractivity contribution in [2.24, 2.45) is 11.7 Å². The number of rotatable bonds is 4. The zero-order valence-electron chi connectivity index (χ0n) is 10.7. The van der Waals surface area contributed by atoms with Gasteiger partial charge in [-0.1, -0.05) is 31.2 Å². The molecular formula is C15H23NO. The third kappa shape index (κ3) is 3.30. The van der Waals surface area contributed by atoms with E-state index in [0.29, 0.717) is 0 Å². The molecule has 1 aliphatic rings. The van der Waals surface area contributed by atoms with Gasteiger partial charge in [0.1, 0.15) is 0 Å². The minimum atomic E-state index is 0.189. The lowest BCUT2D eigenvalue weighted by atomic mass is 9.88. The van der Waals surface area contributed by atoms with Crippen molar-refractivity contribution < 1.29 is 4.74 Å². The van der Waals surface area contributed by atoms with Crippen LogP contribution < -0.4 is 5.73 Å². The van der Waals surface area contributed by atoms with Gasteiger partial charge in [0.25, 0.3) is 0 Å². The van der Waals surface area contributed by atoms with E-state index in [-0.39, 0.29) is 6.04 Å². The van der Waals surface area contributed by atoms with Gasteiger partial charge in [0, 0.05) is 19.3 Å². The molecule has 0 amide bonds. The van der Waals surface area contributed by atoms with Crippen molar-refractivity contribution in [1.29, 1.82) is 0 Å². The number of benzene rings is 1. The molecule has 1 unspecified atom stereocenters. The summed E-state index contributed by atoms with van der Waals surface area (Å²) >= 11 is 0. The first-order valence-electron chi connectivity index (χ1n) is 6.72. The third-order valence-corrected chi connectivity index (χ3v) is 3.76. The van der Waals surface area contributed by atoms with Crippen LogP contribution in [0, 0.1) is 5.92 Å². The molecule has 0 aliphatic carbocycles. The molecule has 1 aromatic rings. The minimum absolute atomic E-state index is 0.189. The highest BCUT2D eigenvalue weighted by atomic mass is 16.5. The molecule has 1 heterocycles. The molecule has 1 aromatic carbocycles. The molecule has 1 saturated heterocycles. The second-order valence-electron chi connectivity index (χ2n) is 4.95. The number of ether oxygens (including phenoxy) is 1. The highest BCUT2D eigenvalue weighted by Gasteiger charge is 2.19. The van der Waals surface area contributed by atoms with Crippen LogP contribution in [-0.2, 0) is 11.2 Å². The number of hydrogen-bond acceptors (Lipinski definition) is 2. The summed E-state index contributed by atoms with van der Waals surface area (Å²) in [4.78, 5) is 0. The van der Waals surface area contributed by atoms with Crippen LogP contribution in [0.5, 0.6) is 0 Å². The van der Waals surface area contributed by atoms with Gasteiger partial charge in [-0.2, -0.15) is 0 Å². The summed E-state index contributed by atoms with van der Waals surface area (Å²) in [6.07, 6.45) is 4.50. The van der Waals surface area contributed by atoms with Crippen LogP contribution in [0.2, 0.25) is 0 Å². The monoisotopic (exact) mass is 233 g/mol. The fourth-order valence-corrected chi connectivity index (χ4v) is 2.69. The van der Waals surface area contributed by atoms with E-state index in [2.05, 4.69) is 31.2 Å². The lowest BCUT2D eigenvalue weighted by molar-refractivity contribution is 0.0618. The highest BCUT2D eigenvalue weighted by molar-refractivity contribution is 5.29. The van der Waals surface area contributed by atoms with Crippen LogP contribution in [0.25, 0.3) is 0 Å². The maximum absolute atomic E-state index is 6.36. The average Bonchev–Trinajstić information content (AvgIpc) is 2.40. The zero-order chi connectivity index (χ0) is 12.1. The highest BCUT2D eigenvalue weighted by Crippen LogP contribution is 2.27. The molecule has 2 N–H and O–H groups in total. The smallest absolute Gasteiger partial charge is 0.0468 e. The van der Waals surface area contributed by atoms with Gasteiger partial charge in [-0.05, 0) is 42.7 Å². The summed E-state index contributed by atoms with van der Waals surface area (Å²) in [5.74, 6) is 0.740. The van der Waals surface area contributed by atoms with Crippen LogP contribution in [-0.4, -0.2) is 13.2 Å². The van der Waals surface area contributed by atoms with E-state index in [1.807, 2.05) is 0 Å². The van der Waals surface area contributed by atoms with Crippen molar-refractivity contribution in [3.05, 3.63) is 35.4 Å². The molecule has 94 valence electrons. The van der Waals surface area contributed by atoms with Gasteiger partial charge in [0.2, 0.25) is 0 Å². The maximum atomic E-state index is 6.36. The normalized spacial score (nSPS) is 19.2. The molecule has 1 atom stereocenters. The second kappa shape index (κ2) is 6.18. The van der Waals surface area contributed by atoms with Crippen molar-refractivity contribution in [1.82, 2.24) is 0 Å². The fraction of sp³-hybridized carbons (Fsp3) is 0.600. The SMILES string of the molecule is CCc1ccccc1C(N)CC1CCOCC1. The summed E-state index contributed by atoms with van der Waals surface area (Å²) in [7, 11) is 0. The van der Waals surface area contributed by atoms with E-state index < -0.39 is 0 Å². The minimum Gasteiger partial charge on any atom is -0.381 e. The van der Waals surface area contributed by atoms with Crippen molar-refractivity contribution in [3.63, 3.8) is 0 Å². The third-order valence-electron chi connectivity index (χ3n) is 3.76. The Morgan fingerprint density at radius 1 is 1.29 bits per heavy atom. The summed E-state index contributed by atoms with van der Waals surface area (Å²) < 4.78 is 5.39. The van der Waals surface area contributed by atoms with Crippen LogP contribution in [0.15, 0.2) is 24.3 Å². The molecule has 1 aliphatic heterocycles. The van der Waals surface area contributed by atoms with E-state index in [1.165, 1.54) is 24.0 Å². The predicted molar refractivity (Wildman–Crippen MR) is 70.9 cm³/mol. The summed E-state index contributed by atoms with van der Waals surface area (Å²) in [6.45, 7) is 4.01. The van der Waals surface area contributed by atoms with Crippen molar-refractivity contribution in [2.45, 2.75) is 38.6 Å². The molecule has 0 saturated carbocycles. The predicted octanol–water partition coefficient (Wildman–Crippen LogP) is 3.07. The molecule has 2 rings (SSSR count). The molecule has 17 heavy (non-hydrogen) atoms. The van der Waals surface area contributed by atoms with Crippen LogP contribution in [0.1, 0.15) is 43.4 Å². The fourth-order valence-electron chi connectivity index (χ4n) is 2.69. The molecule has 0 radical (unpaired) electrons. The van der Waals surface area contributed by atoms with Gasteiger partial charge >= 0.3 is 0 Å². The average molecular weight is 233 g/mol. The first kappa shape index (κ1) is 12.6. The summed E-state index contributed by atoms with van der Waals surface area (Å²) in [5.41, 5.74) is 9.09. The van der Waals surface area contributed by atoms with Crippen LogP contribution in [0.3, 0.4) is 0 Å². The van der Waals surface area contributed by atoms with Gasteiger partial charge in [-0.15, -0.1) is 0 Å². The van der Waals surface area contributed by atoms with E-state index >= 15 is 0 Å². The Hall–Kier alpha value is -0.860. The Morgan fingerprint density at radius 2 is 2.00 bits per heavy atom. The molecule has 0 aromatic heterocycles. The Labute approximate surface area is 104 Å². The first-order chi connectivity index (χ1) is 8.31. The molecule has 2 heteroatoms. The zero-order valence-corrected chi connectivity index (χ0v) is 10.7. The standard InChI is InChI=1S/C15H23NO/c1-2-13-5-3-4-6-14(13)15(16)11-12-7-9-17-10-8-12/h3-6,12,15H,2,7-11,16H2,1H3. The second-order valence-corrected chi connectivity index (χ2v) is 4.95. The van der Waals surface area contributed by atoms with Crippen LogP contribution >= 0.6 is 0 Å². The van der Waals surface area contributed by atoms with Gasteiger partial charge in [0.05, 0.1) is 0 Å². The van der Waals surface area contributed by atoms with Crippen LogP contribution in [0.4, 0.5) is 0 Å². The van der Waals surface area contributed by atoms with Gasteiger partial charge in [-0.3, -0.25) is 0 Å². The lowest BCUT2D eigenvalue weighted by Gasteiger charge is -2.25. The van der Waals surface area contributed by atoms with Gasteiger partial charge < -0.3 is 10.5 Å². The van der Waals surface area contributed by atoms with E-state index in [0.717, 1.165) is 32.0 Å². The Kier molecular flexibility index (Phi) is 4.57. The molecule has 0 bridgehead atoms. The van der Waals surface area contributed by atoms with Crippen molar-refractivity contribution >= 4 is 0 Å². The van der Waals surface area contributed by atoms with Gasteiger partial charge in [-0.25, -0.2) is 0 Å². The molecule has 0 spiro atoms. The maximum Gasteiger partial charge on any atom is 0.0468 e. The molecular weight excluding hydrogens is 210 g/mol. The number of hydrogen-bond donors (Lipinski definition) is 1. The first-order valence-corrected chi connectivity index (χ1v) is 6.72. The topological polar surface area (TPSA) is 35.2 Å². The van der Waals surface area contributed by atoms with Crippen molar-refractivity contribution in [3.8, 4) is 0 Å². The Bertz CT molecular complexity index is 345. The number of aryl methyl sites for hydroxylation is 1. The van der Waals surface area contributed by atoms with E-state index in [4.69, 9.17) is 10.5 Å².